The molecule has 1 aromatic rings. The lowest BCUT2D eigenvalue weighted by atomic mass is 10.2. The Bertz CT molecular complexity index is 599. The number of imide groups is 1. The highest BCUT2D eigenvalue weighted by Crippen LogP contribution is 2.28. The number of hydrogen-bond donors (Lipinski definition) is 2. The second-order valence-corrected chi connectivity index (χ2v) is 3.85. The molecule has 0 atom stereocenters. The number of carboxylic acids is 1. The van der Waals surface area contributed by atoms with Gasteiger partial charge >= 0.3 is 12.1 Å². The average molecular weight is 277 g/mol. The Kier molecular flexibility index (Phi) is 3.65. The number of hydrogen-bond acceptors (Lipinski definition) is 6. The van der Waals surface area contributed by atoms with Crippen LogP contribution in [0.3, 0.4) is 0 Å². The fourth-order valence-electron chi connectivity index (χ4n) is 1.63. The quantitative estimate of drug-likeness (QED) is 0.788. The zero-order valence-corrected chi connectivity index (χ0v) is 10.3. The molecule has 2 rings (SSSR count). The molecule has 1 aliphatic heterocycles. The van der Waals surface area contributed by atoms with Crippen LogP contribution in [0.4, 0.5) is 16.3 Å². The van der Waals surface area contributed by atoms with Crippen molar-refractivity contribution in [3.05, 3.63) is 30.5 Å². The SMILES string of the molecule is C=CCOC(=O)N1C(=O)CNc2cc(C(=O)O)cnc21. The molecule has 0 bridgehead atoms. The smallest absolute Gasteiger partial charge is 0.422 e. The van der Waals surface area contributed by atoms with Crippen molar-refractivity contribution in [2.75, 3.05) is 23.4 Å². The third-order valence-corrected chi connectivity index (χ3v) is 2.51. The zero-order valence-electron chi connectivity index (χ0n) is 10.3. The summed E-state index contributed by atoms with van der Waals surface area (Å²) in [6, 6.07) is 1.30. The van der Waals surface area contributed by atoms with Gasteiger partial charge in [0.25, 0.3) is 5.91 Å². The first-order valence-electron chi connectivity index (χ1n) is 5.62. The Labute approximate surface area is 113 Å². The number of aromatic nitrogens is 1. The molecular weight excluding hydrogens is 266 g/mol. The van der Waals surface area contributed by atoms with Crippen LogP contribution in [-0.2, 0) is 9.53 Å². The van der Waals surface area contributed by atoms with Crippen LogP contribution in [0.25, 0.3) is 0 Å². The van der Waals surface area contributed by atoms with Crippen LogP contribution in [0.1, 0.15) is 10.4 Å². The lowest BCUT2D eigenvalue weighted by Gasteiger charge is -2.26. The molecule has 0 saturated carbocycles. The molecule has 0 unspecified atom stereocenters. The maximum Gasteiger partial charge on any atom is 0.422 e. The lowest BCUT2D eigenvalue weighted by molar-refractivity contribution is -0.116. The predicted molar refractivity (Wildman–Crippen MR) is 68.7 cm³/mol. The second kappa shape index (κ2) is 5.39. The van der Waals surface area contributed by atoms with E-state index in [0.717, 1.165) is 11.1 Å². The molecule has 104 valence electrons. The number of carbonyl (C=O) groups is 3. The van der Waals surface area contributed by atoms with Gasteiger partial charge in [0.2, 0.25) is 0 Å². The number of carbonyl (C=O) groups excluding carboxylic acids is 2. The number of amides is 2. The van der Waals surface area contributed by atoms with Crippen molar-refractivity contribution in [1.29, 1.82) is 0 Å². The van der Waals surface area contributed by atoms with Crippen LogP contribution in [-0.4, -0.2) is 41.2 Å². The molecule has 0 aromatic carbocycles. The fraction of sp³-hybridized carbons (Fsp3) is 0.167. The first-order valence-corrected chi connectivity index (χ1v) is 5.62. The summed E-state index contributed by atoms with van der Waals surface area (Å²) in [5.74, 6) is -1.68. The molecule has 2 N–H and O–H groups in total. The second-order valence-electron chi connectivity index (χ2n) is 3.85. The molecule has 0 saturated heterocycles. The van der Waals surface area contributed by atoms with E-state index in [1.54, 1.807) is 0 Å². The number of aromatic carboxylic acids is 1. The summed E-state index contributed by atoms with van der Waals surface area (Å²) >= 11 is 0. The van der Waals surface area contributed by atoms with Crippen LogP contribution in [0.15, 0.2) is 24.9 Å². The van der Waals surface area contributed by atoms with Crippen molar-refractivity contribution in [3.63, 3.8) is 0 Å². The van der Waals surface area contributed by atoms with E-state index in [9.17, 15) is 14.4 Å². The summed E-state index contributed by atoms with van der Waals surface area (Å²) in [7, 11) is 0. The summed E-state index contributed by atoms with van der Waals surface area (Å²) in [5.41, 5.74) is 0.227. The van der Waals surface area contributed by atoms with Gasteiger partial charge in [-0.1, -0.05) is 12.7 Å². The molecule has 0 fully saturated rings. The summed E-state index contributed by atoms with van der Waals surface area (Å²) in [4.78, 5) is 39.0. The number of nitrogens with zero attached hydrogens (tertiary/aromatic N) is 2. The van der Waals surface area contributed by atoms with Crippen LogP contribution in [0, 0.1) is 0 Å². The predicted octanol–water partition coefficient (Wildman–Crippen LogP) is 0.861. The van der Waals surface area contributed by atoms with E-state index in [0.29, 0.717) is 0 Å². The molecule has 0 spiro atoms. The Morgan fingerprint density at radius 3 is 3.00 bits per heavy atom. The number of anilines is 2. The van der Waals surface area contributed by atoms with Crippen LogP contribution >= 0.6 is 0 Å². The first kappa shape index (κ1) is 13.5. The van der Waals surface area contributed by atoms with Gasteiger partial charge in [-0.3, -0.25) is 4.79 Å². The van der Waals surface area contributed by atoms with E-state index in [1.807, 2.05) is 0 Å². The molecule has 2 amide bonds. The molecule has 8 nitrogen and oxygen atoms in total. The van der Waals surface area contributed by atoms with Gasteiger partial charge in [0.05, 0.1) is 17.8 Å². The molecular formula is C12H11N3O5. The summed E-state index contributed by atoms with van der Waals surface area (Å²) in [6.45, 7) is 3.20. The van der Waals surface area contributed by atoms with Gasteiger partial charge in [-0.25, -0.2) is 14.6 Å². The third kappa shape index (κ3) is 2.44. The van der Waals surface area contributed by atoms with Crippen molar-refractivity contribution in [2.45, 2.75) is 0 Å². The van der Waals surface area contributed by atoms with Crippen LogP contribution in [0.5, 0.6) is 0 Å². The highest BCUT2D eigenvalue weighted by Gasteiger charge is 2.32. The molecule has 0 aliphatic carbocycles. The Hall–Kier alpha value is -2.90. The third-order valence-electron chi connectivity index (χ3n) is 2.51. The minimum atomic E-state index is -1.15. The number of carboxylic acid groups (broad SMARTS) is 1. The van der Waals surface area contributed by atoms with E-state index >= 15 is 0 Å². The molecule has 0 radical (unpaired) electrons. The van der Waals surface area contributed by atoms with Gasteiger partial charge in [0.1, 0.15) is 6.61 Å². The van der Waals surface area contributed by atoms with Gasteiger partial charge in [-0.05, 0) is 6.07 Å². The highest BCUT2D eigenvalue weighted by molar-refractivity contribution is 6.16. The zero-order chi connectivity index (χ0) is 14.7. The Morgan fingerprint density at radius 1 is 1.60 bits per heavy atom. The maximum absolute atomic E-state index is 11.8. The minimum Gasteiger partial charge on any atom is -0.478 e. The minimum absolute atomic E-state index is 0.0142. The number of pyridine rings is 1. The normalized spacial score (nSPS) is 13.2. The highest BCUT2D eigenvalue weighted by atomic mass is 16.6. The fourth-order valence-corrected chi connectivity index (χ4v) is 1.63. The molecule has 1 aromatic heterocycles. The maximum atomic E-state index is 11.8. The lowest BCUT2D eigenvalue weighted by Crippen LogP contribution is -2.45. The largest absolute Gasteiger partial charge is 0.478 e. The molecule has 1 aliphatic rings. The van der Waals surface area contributed by atoms with E-state index in [2.05, 4.69) is 16.9 Å². The van der Waals surface area contributed by atoms with Crippen molar-refractivity contribution in [3.8, 4) is 0 Å². The number of ether oxygens (including phenoxy) is 1. The molecule has 8 heteroatoms. The van der Waals surface area contributed by atoms with Crippen molar-refractivity contribution < 1.29 is 24.2 Å². The monoisotopic (exact) mass is 277 g/mol. The van der Waals surface area contributed by atoms with E-state index in [1.165, 1.54) is 12.1 Å². The summed E-state index contributed by atoms with van der Waals surface area (Å²) < 4.78 is 4.80. The Balaban J connectivity index is 2.36. The number of fused-ring (bicyclic) bond motifs is 1. The van der Waals surface area contributed by atoms with Gasteiger partial charge in [-0.15, -0.1) is 0 Å². The molecule has 2 heterocycles. The van der Waals surface area contributed by atoms with Gasteiger partial charge in [0, 0.05) is 6.20 Å². The average Bonchev–Trinajstić information content (AvgIpc) is 2.44. The van der Waals surface area contributed by atoms with E-state index in [-0.39, 0.29) is 30.2 Å². The number of rotatable bonds is 3. The van der Waals surface area contributed by atoms with Crippen LogP contribution < -0.4 is 10.2 Å². The Morgan fingerprint density at radius 2 is 2.35 bits per heavy atom. The van der Waals surface area contributed by atoms with Gasteiger partial charge in [-0.2, -0.15) is 4.90 Å². The van der Waals surface area contributed by atoms with Crippen molar-refractivity contribution in [2.24, 2.45) is 0 Å². The topological polar surface area (TPSA) is 109 Å². The van der Waals surface area contributed by atoms with Gasteiger partial charge < -0.3 is 15.2 Å². The first-order chi connectivity index (χ1) is 9.54. The standard InChI is InChI=1S/C12H11N3O5/c1-2-3-20-12(19)15-9(16)6-13-8-4-7(11(17)18)5-14-10(8)15/h2,4-5,13H,1,3,6H2,(H,17,18). The summed E-state index contributed by atoms with van der Waals surface area (Å²) in [5, 5.41) is 11.6. The van der Waals surface area contributed by atoms with E-state index in [4.69, 9.17) is 9.84 Å². The molecule has 20 heavy (non-hydrogen) atoms. The number of nitrogens with one attached hydrogen (secondary N) is 1. The van der Waals surface area contributed by atoms with E-state index < -0.39 is 18.0 Å². The summed E-state index contributed by atoms with van der Waals surface area (Å²) in [6.07, 6.45) is 1.55. The van der Waals surface area contributed by atoms with Crippen molar-refractivity contribution >= 4 is 29.5 Å². The van der Waals surface area contributed by atoms with Crippen LogP contribution in [0.2, 0.25) is 0 Å². The van der Waals surface area contributed by atoms with Gasteiger partial charge in [0.15, 0.2) is 5.82 Å². The van der Waals surface area contributed by atoms with Crippen molar-refractivity contribution in [1.82, 2.24) is 4.98 Å².